The van der Waals surface area contributed by atoms with Crippen molar-refractivity contribution in [1.82, 2.24) is 5.32 Å². The minimum Gasteiger partial charge on any atom is -0.480 e. The fourth-order valence-corrected chi connectivity index (χ4v) is 1.54. The molecule has 1 aliphatic carbocycles. The highest BCUT2D eigenvalue weighted by Crippen LogP contribution is 2.32. The summed E-state index contributed by atoms with van der Waals surface area (Å²) in [7, 11) is 0. The SMILES string of the molecule is NC(CC(=O)N[C@@H](CCO)C(=O)O)C1CC1. The third-order valence-electron chi connectivity index (χ3n) is 2.70. The first-order valence-electron chi connectivity index (χ1n) is 5.43. The van der Waals surface area contributed by atoms with Gasteiger partial charge < -0.3 is 21.3 Å². The van der Waals surface area contributed by atoms with E-state index in [0.717, 1.165) is 12.8 Å². The van der Waals surface area contributed by atoms with Crippen molar-refractivity contribution in [3.05, 3.63) is 0 Å². The molecular weight excluding hydrogens is 212 g/mol. The number of rotatable bonds is 7. The van der Waals surface area contributed by atoms with Gasteiger partial charge in [0.25, 0.3) is 0 Å². The fourth-order valence-electron chi connectivity index (χ4n) is 1.54. The van der Waals surface area contributed by atoms with Crippen LogP contribution in [0.5, 0.6) is 0 Å². The van der Waals surface area contributed by atoms with Crippen LogP contribution in [0.15, 0.2) is 0 Å². The van der Waals surface area contributed by atoms with Gasteiger partial charge in [-0.25, -0.2) is 4.79 Å². The van der Waals surface area contributed by atoms with Gasteiger partial charge in [-0.3, -0.25) is 4.79 Å². The van der Waals surface area contributed by atoms with Crippen LogP contribution in [0.1, 0.15) is 25.7 Å². The first-order chi connectivity index (χ1) is 7.54. The zero-order valence-electron chi connectivity index (χ0n) is 9.06. The first kappa shape index (κ1) is 12.9. The summed E-state index contributed by atoms with van der Waals surface area (Å²) in [4.78, 5) is 22.1. The maximum atomic E-state index is 11.4. The maximum Gasteiger partial charge on any atom is 0.326 e. The minimum atomic E-state index is -1.14. The summed E-state index contributed by atoms with van der Waals surface area (Å²) in [6, 6.07) is -1.20. The van der Waals surface area contributed by atoms with E-state index in [4.69, 9.17) is 15.9 Å². The molecule has 5 N–H and O–H groups in total. The second kappa shape index (κ2) is 5.81. The average Bonchev–Trinajstić information content (AvgIpc) is 2.99. The lowest BCUT2D eigenvalue weighted by Gasteiger charge is -2.15. The van der Waals surface area contributed by atoms with Crippen LogP contribution in [0.2, 0.25) is 0 Å². The Morgan fingerprint density at radius 3 is 2.50 bits per heavy atom. The Hall–Kier alpha value is -1.14. The molecule has 0 spiro atoms. The monoisotopic (exact) mass is 230 g/mol. The molecule has 6 heteroatoms. The fraction of sp³-hybridized carbons (Fsp3) is 0.800. The number of aliphatic hydroxyl groups is 1. The molecule has 0 aromatic heterocycles. The zero-order chi connectivity index (χ0) is 12.1. The molecule has 1 saturated carbocycles. The van der Waals surface area contributed by atoms with Crippen LogP contribution in [-0.2, 0) is 9.59 Å². The van der Waals surface area contributed by atoms with Crippen LogP contribution in [0.4, 0.5) is 0 Å². The molecule has 92 valence electrons. The van der Waals surface area contributed by atoms with Crippen LogP contribution in [0.3, 0.4) is 0 Å². The van der Waals surface area contributed by atoms with Crippen LogP contribution in [-0.4, -0.2) is 40.8 Å². The van der Waals surface area contributed by atoms with Crippen molar-refractivity contribution < 1.29 is 19.8 Å². The van der Waals surface area contributed by atoms with E-state index in [9.17, 15) is 9.59 Å². The molecule has 1 fully saturated rings. The van der Waals surface area contributed by atoms with Gasteiger partial charge in [0.1, 0.15) is 6.04 Å². The molecular formula is C10H18N2O4. The Kier molecular flexibility index (Phi) is 4.70. The standard InChI is InChI=1S/C10H18N2O4/c11-7(6-1-2-6)5-9(14)12-8(3-4-13)10(15)16/h6-8,13H,1-5,11H2,(H,12,14)(H,15,16)/t7?,8-/m0/s1. The number of carboxylic acids is 1. The summed E-state index contributed by atoms with van der Waals surface area (Å²) in [5.74, 6) is -1.09. The van der Waals surface area contributed by atoms with Crippen LogP contribution in [0.25, 0.3) is 0 Å². The summed E-state index contributed by atoms with van der Waals surface area (Å²) < 4.78 is 0. The van der Waals surface area contributed by atoms with Gasteiger partial charge in [-0.2, -0.15) is 0 Å². The highest BCUT2D eigenvalue weighted by Gasteiger charge is 2.30. The summed E-state index contributed by atoms with van der Waals surface area (Å²) in [5, 5.41) is 19.7. The van der Waals surface area contributed by atoms with Gasteiger partial charge in [0.2, 0.25) is 5.91 Å². The number of carbonyl (C=O) groups is 2. The molecule has 0 aromatic rings. The number of hydrogen-bond acceptors (Lipinski definition) is 4. The van der Waals surface area contributed by atoms with Crippen molar-refractivity contribution in [3.63, 3.8) is 0 Å². The predicted molar refractivity (Wildman–Crippen MR) is 56.6 cm³/mol. The van der Waals surface area contributed by atoms with Crippen LogP contribution < -0.4 is 11.1 Å². The van der Waals surface area contributed by atoms with E-state index in [1.807, 2.05) is 0 Å². The molecule has 1 unspecified atom stereocenters. The van der Waals surface area contributed by atoms with Crippen molar-refractivity contribution in [2.24, 2.45) is 11.7 Å². The maximum absolute atomic E-state index is 11.4. The van der Waals surface area contributed by atoms with Crippen molar-refractivity contribution >= 4 is 11.9 Å². The molecule has 0 saturated heterocycles. The Morgan fingerprint density at radius 2 is 2.06 bits per heavy atom. The van der Waals surface area contributed by atoms with Crippen molar-refractivity contribution in [3.8, 4) is 0 Å². The Morgan fingerprint density at radius 1 is 1.44 bits per heavy atom. The number of aliphatic hydroxyl groups excluding tert-OH is 1. The second-order valence-corrected chi connectivity index (χ2v) is 4.18. The quantitative estimate of drug-likeness (QED) is 0.451. The van der Waals surface area contributed by atoms with E-state index in [2.05, 4.69) is 5.32 Å². The smallest absolute Gasteiger partial charge is 0.326 e. The molecule has 6 nitrogen and oxygen atoms in total. The van der Waals surface area contributed by atoms with Gasteiger partial charge in [0.05, 0.1) is 0 Å². The molecule has 0 aliphatic heterocycles. The van der Waals surface area contributed by atoms with Gasteiger partial charge in [-0.15, -0.1) is 0 Å². The summed E-state index contributed by atoms with van der Waals surface area (Å²) in [6.07, 6.45) is 2.26. The normalized spacial score (nSPS) is 18.9. The topological polar surface area (TPSA) is 113 Å². The molecule has 0 radical (unpaired) electrons. The largest absolute Gasteiger partial charge is 0.480 e. The van der Waals surface area contributed by atoms with Gasteiger partial charge in [0.15, 0.2) is 0 Å². The molecule has 0 aromatic carbocycles. The van der Waals surface area contributed by atoms with E-state index >= 15 is 0 Å². The van der Waals surface area contributed by atoms with Gasteiger partial charge in [0, 0.05) is 25.5 Å². The Bertz CT molecular complexity index is 266. The number of hydrogen-bond donors (Lipinski definition) is 4. The molecule has 0 bridgehead atoms. The van der Waals surface area contributed by atoms with Crippen molar-refractivity contribution in [2.75, 3.05) is 6.61 Å². The van der Waals surface area contributed by atoms with E-state index in [1.54, 1.807) is 0 Å². The molecule has 2 atom stereocenters. The molecule has 1 rings (SSSR count). The number of amides is 1. The van der Waals surface area contributed by atoms with E-state index < -0.39 is 12.0 Å². The highest BCUT2D eigenvalue weighted by atomic mass is 16.4. The van der Waals surface area contributed by atoms with Gasteiger partial charge in [-0.1, -0.05) is 0 Å². The van der Waals surface area contributed by atoms with E-state index in [0.29, 0.717) is 5.92 Å². The summed E-state index contributed by atoms with van der Waals surface area (Å²) in [5.41, 5.74) is 5.75. The number of aliphatic carboxylic acids is 1. The minimum absolute atomic E-state index is 0.0136. The molecule has 16 heavy (non-hydrogen) atoms. The van der Waals surface area contributed by atoms with Crippen molar-refractivity contribution in [1.29, 1.82) is 0 Å². The van der Waals surface area contributed by atoms with E-state index in [-0.39, 0.29) is 31.4 Å². The lowest BCUT2D eigenvalue weighted by atomic mass is 10.1. The summed E-state index contributed by atoms with van der Waals surface area (Å²) in [6.45, 7) is -0.272. The number of carboxylic acid groups (broad SMARTS) is 1. The number of nitrogens with two attached hydrogens (primary N) is 1. The predicted octanol–water partition coefficient (Wildman–Crippen LogP) is -0.934. The number of nitrogens with one attached hydrogen (secondary N) is 1. The van der Waals surface area contributed by atoms with Gasteiger partial charge >= 0.3 is 5.97 Å². The van der Waals surface area contributed by atoms with Crippen LogP contribution in [0, 0.1) is 5.92 Å². The third kappa shape index (κ3) is 4.16. The van der Waals surface area contributed by atoms with E-state index in [1.165, 1.54) is 0 Å². The average molecular weight is 230 g/mol. The molecule has 1 amide bonds. The molecule has 1 aliphatic rings. The Labute approximate surface area is 93.8 Å². The number of carbonyl (C=O) groups excluding carboxylic acids is 1. The lowest BCUT2D eigenvalue weighted by Crippen LogP contribution is -2.43. The highest BCUT2D eigenvalue weighted by molar-refractivity contribution is 5.83. The van der Waals surface area contributed by atoms with Crippen LogP contribution >= 0.6 is 0 Å². The Balaban J connectivity index is 2.32. The lowest BCUT2D eigenvalue weighted by molar-refractivity contribution is -0.142. The zero-order valence-corrected chi connectivity index (χ0v) is 9.06. The van der Waals surface area contributed by atoms with Gasteiger partial charge in [-0.05, 0) is 18.8 Å². The van der Waals surface area contributed by atoms with Crippen molar-refractivity contribution in [2.45, 2.75) is 37.8 Å². The summed E-state index contributed by atoms with van der Waals surface area (Å²) >= 11 is 0. The second-order valence-electron chi connectivity index (χ2n) is 4.18. The first-order valence-corrected chi connectivity index (χ1v) is 5.43. The molecule has 0 heterocycles. The third-order valence-corrected chi connectivity index (χ3v) is 2.70.